The zero-order valence-corrected chi connectivity index (χ0v) is 7.85. The molecule has 0 bridgehead atoms. The van der Waals surface area contributed by atoms with Gasteiger partial charge in [0.25, 0.3) is 0 Å². The smallest absolute Gasteiger partial charge is 0.0861 e. The van der Waals surface area contributed by atoms with Crippen LogP contribution in [-0.4, -0.2) is 29.3 Å². The average Bonchev–Trinajstić information content (AvgIpc) is 1.77. The van der Waals surface area contributed by atoms with Crippen LogP contribution in [0.15, 0.2) is 0 Å². The zero-order valence-electron chi connectivity index (χ0n) is 7.85. The summed E-state index contributed by atoms with van der Waals surface area (Å²) in [5.74, 6) is 0. The average molecular weight is 170 g/mol. The molecule has 3 nitrogen and oxygen atoms in total. The molecule has 1 aliphatic carbocycles. The minimum Gasteiger partial charge on any atom is -0.388 e. The molecule has 4 N–H and O–H groups in total. The van der Waals surface area contributed by atoms with E-state index in [1.807, 2.05) is 0 Å². The third kappa shape index (κ3) is 0.934. The van der Waals surface area contributed by atoms with Gasteiger partial charge in [-0.05, 0) is 18.3 Å². The molecule has 1 saturated heterocycles. The molecule has 1 saturated carbocycles. The van der Waals surface area contributed by atoms with E-state index in [0.717, 1.165) is 25.9 Å². The second-order valence-corrected chi connectivity index (χ2v) is 5.31. The summed E-state index contributed by atoms with van der Waals surface area (Å²) in [4.78, 5) is 0. The van der Waals surface area contributed by atoms with Crippen molar-refractivity contribution in [3.63, 3.8) is 0 Å². The van der Waals surface area contributed by atoms with Crippen molar-refractivity contribution in [2.45, 2.75) is 37.8 Å². The summed E-state index contributed by atoms with van der Waals surface area (Å²) in [6.45, 7) is 5.88. The second-order valence-electron chi connectivity index (χ2n) is 5.31. The minimum atomic E-state index is -0.595. The van der Waals surface area contributed by atoms with Crippen LogP contribution >= 0.6 is 0 Å². The number of nitrogens with two attached hydrogens (primary N) is 1. The van der Waals surface area contributed by atoms with Crippen LogP contribution in [0.2, 0.25) is 0 Å². The monoisotopic (exact) mass is 170 g/mol. The Hall–Kier alpha value is -0.120. The van der Waals surface area contributed by atoms with E-state index >= 15 is 0 Å². The largest absolute Gasteiger partial charge is 0.388 e. The fraction of sp³-hybridized carbons (Fsp3) is 1.00. The molecule has 0 unspecified atom stereocenters. The quantitative estimate of drug-likeness (QED) is 0.512. The Morgan fingerprint density at radius 1 is 1.25 bits per heavy atom. The van der Waals surface area contributed by atoms with Gasteiger partial charge in [-0.2, -0.15) is 0 Å². The normalized spacial score (nSPS) is 35.0. The highest BCUT2D eigenvalue weighted by Gasteiger charge is 2.60. The van der Waals surface area contributed by atoms with Crippen molar-refractivity contribution in [1.29, 1.82) is 0 Å². The first-order valence-electron chi connectivity index (χ1n) is 4.59. The summed E-state index contributed by atoms with van der Waals surface area (Å²) < 4.78 is 0. The Labute approximate surface area is 73.3 Å². The molecule has 3 heteroatoms. The molecule has 0 aromatic heterocycles. The van der Waals surface area contributed by atoms with Crippen LogP contribution < -0.4 is 11.1 Å². The third-order valence-corrected chi connectivity index (χ3v) is 3.35. The molecule has 0 atom stereocenters. The van der Waals surface area contributed by atoms with Crippen LogP contribution in [0.25, 0.3) is 0 Å². The Morgan fingerprint density at radius 2 is 1.75 bits per heavy atom. The predicted molar refractivity (Wildman–Crippen MR) is 47.8 cm³/mol. The van der Waals surface area contributed by atoms with Crippen LogP contribution in [0.1, 0.15) is 26.7 Å². The summed E-state index contributed by atoms with van der Waals surface area (Å²) in [5, 5.41) is 13.3. The van der Waals surface area contributed by atoms with E-state index in [0.29, 0.717) is 0 Å². The molecule has 1 heterocycles. The molecular formula is C9H18N2O. The first kappa shape index (κ1) is 8.48. The molecule has 0 aromatic carbocycles. The van der Waals surface area contributed by atoms with E-state index in [1.165, 1.54) is 0 Å². The molecule has 70 valence electrons. The van der Waals surface area contributed by atoms with E-state index in [9.17, 15) is 5.11 Å². The highest BCUT2D eigenvalue weighted by Crippen LogP contribution is 2.52. The second kappa shape index (κ2) is 2.03. The van der Waals surface area contributed by atoms with Gasteiger partial charge in [-0.3, -0.25) is 0 Å². The molecule has 0 spiro atoms. The van der Waals surface area contributed by atoms with Crippen molar-refractivity contribution >= 4 is 0 Å². The van der Waals surface area contributed by atoms with E-state index in [-0.39, 0.29) is 11.0 Å². The third-order valence-electron chi connectivity index (χ3n) is 3.35. The maximum Gasteiger partial charge on any atom is 0.0861 e. The maximum absolute atomic E-state index is 10.2. The minimum absolute atomic E-state index is 0.288. The predicted octanol–water partition coefficient (Wildman–Crippen LogP) is -0.162. The Morgan fingerprint density at radius 3 is 2.00 bits per heavy atom. The molecule has 0 aromatic rings. The van der Waals surface area contributed by atoms with Crippen LogP contribution in [0.5, 0.6) is 0 Å². The lowest BCUT2D eigenvalue weighted by Crippen LogP contribution is -2.80. The highest BCUT2D eigenvalue weighted by molar-refractivity contribution is 5.19. The Kier molecular flexibility index (Phi) is 1.43. The molecule has 12 heavy (non-hydrogen) atoms. The summed E-state index contributed by atoms with van der Waals surface area (Å²) in [6, 6.07) is 0. The summed E-state index contributed by atoms with van der Waals surface area (Å²) in [7, 11) is 0. The van der Waals surface area contributed by atoms with E-state index in [1.54, 1.807) is 0 Å². The molecular weight excluding hydrogens is 152 g/mol. The standard InChI is InChI=1S/C9H18N2O/c1-7(2)3-9(12,4-7)8(10)5-11-6-8/h11-12H,3-6,10H2,1-2H3. The van der Waals surface area contributed by atoms with E-state index < -0.39 is 5.60 Å². The summed E-state index contributed by atoms with van der Waals surface area (Å²) in [5.41, 5.74) is 5.40. The highest BCUT2D eigenvalue weighted by atomic mass is 16.3. The molecule has 1 aliphatic heterocycles. The lowest BCUT2D eigenvalue weighted by Gasteiger charge is -2.61. The van der Waals surface area contributed by atoms with Gasteiger partial charge in [0.05, 0.1) is 11.1 Å². The van der Waals surface area contributed by atoms with Gasteiger partial charge in [-0.15, -0.1) is 0 Å². The Bertz CT molecular complexity index is 201. The zero-order chi connectivity index (χ0) is 9.04. The summed E-state index contributed by atoms with van der Waals surface area (Å²) in [6.07, 6.45) is 1.69. The van der Waals surface area contributed by atoms with Gasteiger partial charge in [0.15, 0.2) is 0 Å². The van der Waals surface area contributed by atoms with Crippen LogP contribution in [0, 0.1) is 5.41 Å². The fourth-order valence-corrected chi connectivity index (χ4v) is 2.61. The van der Waals surface area contributed by atoms with Crippen molar-refractivity contribution in [2.24, 2.45) is 11.1 Å². The van der Waals surface area contributed by atoms with Crippen molar-refractivity contribution in [1.82, 2.24) is 5.32 Å². The SMILES string of the molecule is CC1(C)CC(O)(C2(N)CNC2)C1. The fourth-order valence-electron chi connectivity index (χ4n) is 2.61. The maximum atomic E-state index is 10.2. The number of aliphatic hydroxyl groups is 1. The first-order chi connectivity index (χ1) is 5.37. The van der Waals surface area contributed by atoms with Crippen LogP contribution in [-0.2, 0) is 0 Å². The first-order valence-corrected chi connectivity index (χ1v) is 4.59. The van der Waals surface area contributed by atoms with Gasteiger partial charge >= 0.3 is 0 Å². The van der Waals surface area contributed by atoms with Gasteiger partial charge in [-0.25, -0.2) is 0 Å². The molecule has 0 radical (unpaired) electrons. The molecule has 2 rings (SSSR count). The Balaban J connectivity index is 2.06. The van der Waals surface area contributed by atoms with Crippen LogP contribution in [0.4, 0.5) is 0 Å². The summed E-state index contributed by atoms with van der Waals surface area (Å²) >= 11 is 0. The number of rotatable bonds is 1. The van der Waals surface area contributed by atoms with Crippen molar-refractivity contribution in [3.8, 4) is 0 Å². The number of hydrogen-bond donors (Lipinski definition) is 3. The molecule has 2 aliphatic rings. The van der Waals surface area contributed by atoms with Crippen LogP contribution in [0.3, 0.4) is 0 Å². The van der Waals surface area contributed by atoms with Gasteiger partial charge in [0.2, 0.25) is 0 Å². The van der Waals surface area contributed by atoms with E-state index in [2.05, 4.69) is 19.2 Å². The topological polar surface area (TPSA) is 58.3 Å². The van der Waals surface area contributed by atoms with E-state index in [4.69, 9.17) is 5.73 Å². The number of hydrogen-bond acceptors (Lipinski definition) is 3. The lowest BCUT2D eigenvalue weighted by molar-refractivity contribution is -0.172. The molecule has 0 amide bonds. The van der Waals surface area contributed by atoms with Gasteiger partial charge in [0, 0.05) is 13.1 Å². The van der Waals surface area contributed by atoms with Gasteiger partial charge < -0.3 is 16.2 Å². The lowest BCUT2D eigenvalue weighted by atomic mass is 9.53. The van der Waals surface area contributed by atoms with Gasteiger partial charge in [-0.1, -0.05) is 13.8 Å². The van der Waals surface area contributed by atoms with Gasteiger partial charge in [0.1, 0.15) is 0 Å². The van der Waals surface area contributed by atoms with Crippen molar-refractivity contribution < 1.29 is 5.11 Å². The van der Waals surface area contributed by atoms with Crippen molar-refractivity contribution in [2.75, 3.05) is 13.1 Å². The number of nitrogens with one attached hydrogen (secondary N) is 1. The molecule has 2 fully saturated rings. The van der Waals surface area contributed by atoms with Crippen molar-refractivity contribution in [3.05, 3.63) is 0 Å².